The molecule has 0 aromatic rings. The topological polar surface area (TPSA) is 12.4 Å². The Morgan fingerprint density at radius 1 is 1.23 bits per heavy atom. The van der Waals surface area contributed by atoms with Gasteiger partial charge in [0.05, 0.1) is 0 Å². The molecule has 0 N–H and O–H groups in total. The Morgan fingerprint density at radius 3 is 2.23 bits per heavy atom. The summed E-state index contributed by atoms with van der Waals surface area (Å²) in [4.78, 5) is 4.76. The van der Waals surface area contributed by atoms with Gasteiger partial charge >= 0.3 is 0 Å². The van der Waals surface area contributed by atoms with Gasteiger partial charge in [0.25, 0.3) is 0 Å². The molecule has 0 aromatic heterocycles. The van der Waals surface area contributed by atoms with Gasteiger partial charge < -0.3 is 0 Å². The molecule has 0 aliphatic heterocycles. The van der Waals surface area contributed by atoms with E-state index in [4.69, 9.17) is 4.99 Å². The molecule has 1 fully saturated rings. The molecule has 1 saturated carbocycles. The smallest absolute Gasteiger partial charge is 0.0411 e. The lowest BCUT2D eigenvalue weighted by molar-refractivity contribution is 0.482. The summed E-state index contributed by atoms with van der Waals surface area (Å²) in [5.74, 6) is 2.18. The predicted molar refractivity (Wildman–Crippen MR) is 59.3 cm³/mol. The van der Waals surface area contributed by atoms with Crippen LogP contribution < -0.4 is 0 Å². The molecule has 13 heavy (non-hydrogen) atoms. The van der Waals surface area contributed by atoms with Crippen molar-refractivity contribution in [3.8, 4) is 0 Å². The molecule has 1 rings (SSSR count). The minimum atomic E-state index is 0.703. The molecule has 1 unspecified atom stereocenters. The first-order chi connectivity index (χ1) is 6.11. The lowest BCUT2D eigenvalue weighted by Crippen LogP contribution is -2.25. The molecule has 1 nitrogen and oxygen atoms in total. The average molecular weight is 181 g/mol. The molecule has 1 aliphatic rings. The predicted octanol–water partition coefficient (Wildman–Crippen LogP) is 3.54. The molecule has 0 aromatic carbocycles. The first-order valence-corrected chi connectivity index (χ1v) is 5.65. The molecule has 1 heteroatoms. The normalized spacial score (nSPS) is 32.8. The van der Waals surface area contributed by atoms with Crippen molar-refractivity contribution in [2.24, 2.45) is 22.7 Å². The van der Waals surface area contributed by atoms with Crippen LogP contribution in [0.2, 0.25) is 0 Å². The highest BCUT2D eigenvalue weighted by atomic mass is 14.8. The maximum atomic E-state index is 4.76. The monoisotopic (exact) mass is 181 g/mol. The largest absolute Gasteiger partial charge is 0.293 e. The second-order valence-electron chi connectivity index (χ2n) is 4.89. The van der Waals surface area contributed by atoms with Gasteiger partial charge in [-0.1, -0.05) is 34.1 Å². The van der Waals surface area contributed by atoms with Crippen LogP contribution in [0.3, 0.4) is 0 Å². The fourth-order valence-corrected chi connectivity index (χ4v) is 2.11. The van der Waals surface area contributed by atoms with Crippen LogP contribution in [0.25, 0.3) is 0 Å². The van der Waals surface area contributed by atoms with Gasteiger partial charge in [0.1, 0.15) is 0 Å². The van der Waals surface area contributed by atoms with Crippen molar-refractivity contribution in [3.63, 3.8) is 0 Å². The number of hydrogen-bond acceptors (Lipinski definition) is 1. The van der Waals surface area contributed by atoms with Crippen LogP contribution in [-0.2, 0) is 0 Å². The van der Waals surface area contributed by atoms with Gasteiger partial charge in [-0.3, -0.25) is 4.99 Å². The van der Waals surface area contributed by atoms with E-state index in [9.17, 15) is 0 Å². The van der Waals surface area contributed by atoms with E-state index in [0.717, 1.165) is 18.4 Å². The summed E-state index contributed by atoms with van der Waals surface area (Å²) in [7, 11) is 0. The molecular weight excluding hydrogens is 158 g/mol. The van der Waals surface area contributed by atoms with Crippen molar-refractivity contribution >= 4 is 5.71 Å². The van der Waals surface area contributed by atoms with E-state index in [0.29, 0.717) is 5.92 Å². The zero-order valence-corrected chi connectivity index (χ0v) is 9.51. The lowest BCUT2D eigenvalue weighted by atomic mass is 9.81. The molecule has 0 heterocycles. The van der Waals surface area contributed by atoms with Gasteiger partial charge in [0.15, 0.2) is 0 Å². The molecule has 0 radical (unpaired) electrons. The second-order valence-corrected chi connectivity index (χ2v) is 4.89. The number of rotatable bonds is 2. The summed E-state index contributed by atoms with van der Waals surface area (Å²) in [6.45, 7) is 10.2. The third-order valence-electron chi connectivity index (χ3n) is 2.92. The van der Waals surface area contributed by atoms with Crippen molar-refractivity contribution in [1.29, 1.82) is 0 Å². The van der Waals surface area contributed by atoms with Gasteiger partial charge in [-0.15, -0.1) is 0 Å². The summed E-state index contributed by atoms with van der Waals surface area (Å²) >= 11 is 0. The van der Waals surface area contributed by atoms with Gasteiger partial charge in [0.2, 0.25) is 0 Å². The molecule has 76 valence electrons. The highest BCUT2D eigenvalue weighted by molar-refractivity contribution is 5.89. The van der Waals surface area contributed by atoms with E-state index in [1.807, 2.05) is 0 Å². The Bertz CT molecular complexity index is 170. The Balaban J connectivity index is 2.57. The molecule has 0 spiro atoms. The fourth-order valence-electron chi connectivity index (χ4n) is 2.11. The molecule has 0 bridgehead atoms. The van der Waals surface area contributed by atoms with E-state index in [1.54, 1.807) is 0 Å². The molecular formula is C12H23N. The second kappa shape index (κ2) is 4.78. The van der Waals surface area contributed by atoms with Crippen molar-refractivity contribution < 1.29 is 0 Å². The third-order valence-corrected chi connectivity index (χ3v) is 2.92. The van der Waals surface area contributed by atoms with E-state index >= 15 is 0 Å². The Kier molecular flexibility index (Phi) is 3.95. The SMILES string of the molecule is CC(C)CN=C1C(C)CCC[C@H]1C. The summed E-state index contributed by atoms with van der Waals surface area (Å²) in [5, 5.41) is 0. The van der Waals surface area contributed by atoms with Crippen LogP contribution in [0.15, 0.2) is 4.99 Å². The lowest BCUT2D eigenvalue weighted by Gasteiger charge is -2.26. The highest BCUT2D eigenvalue weighted by Gasteiger charge is 2.22. The molecule has 0 saturated heterocycles. The van der Waals surface area contributed by atoms with E-state index in [1.165, 1.54) is 25.0 Å². The summed E-state index contributed by atoms with van der Waals surface area (Å²) < 4.78 is 0. The van der Waals surface area contributed by atoms with Gasteiger partial charge in [0, 0.05) is 12.3 Å². The van der Waals surface area contributed by atoms with Crippen molar-refractivity contribution in [1.82, 2.24) is 0 Å². The number of nitrogens with zero attached hydrogens (tertiary/aromatic N) is 1. The van der Waals surface area contributed by atoms with Crippen LogP contribution in [0.1, 0.15) is 47.0 Å². The maximum absolute atomic E-state index is 4.76. The number of aliphatic imine (C=N–C) groups is 1. The van der Waals surface area contributed by atoms with E-state index in [2.05, 4.69) is 27.7 Å². The van der Waals surface area contributed by atoms with Gasteiger partial charge in [-0.25, -0.2) is 0 Å². The van der Waals surface area contributed by atoms with E-state index < -0.39 is 0 Å². The maximum Gasteiger partial charge on any atom is 0.0411 e. The molecule has 0 amide bonds. The summed E-state index contributed by atoms with van der Waals surface area (Å²) in [6, 6.07) is 0. The summed E-state index contributed by atoms with van der Waals surface area (Å²) in [5.41, 5.74) is 1.49. The Labute approximate surface area is 82.6 Å². The average Bonchev–Trinajstić information content (AvgIpc) is 2.03. The Hall–Kier alpha value is -0.330. The van der Waals surface area contributed by atoms with E-state index in [-0.39, 0.29) is 0 Å². The third kappa shape index (κ3) is 3.13. The highest BCUT2D eigenvalue weighted by Crippen LogP contribution is 2.26. The van der Waals surface area contributed by atoms with Crippen LogP contribution in [-0.4, -0.2) is 12.3 Å². The van der Waals surface area contributed by atoms with Crippen LogP contribution in [0.4, 0.5) is 0 Å². The Morgan fingerprint density at radius 2 is 1.77 bits per heavy atom. The van der Waals surface area contributed by atoms with Gasteiger partial charge in [-0.2, -0.15) is 0 Å². The standard InChI is InChI=1S/C12H23N/c1-9(2)8-13-12-10(3)6-5-7-11(12)4/h9-11H,5-8H2,1-4H3/t10-,11?/m1/s1. The van der Waals surface area contributed by atoms with Crippen molar-refractivity contribution in [2.75, 3.05) is 6.54 Å². The zero-order chi connectivity index (χ0) is 9.84. The van der Waals surface area contributed by atoms with Crippen molar-refractivity contribution in [3.05, 3.63) is 0 Å². The van der Waals surface area contributed by atoms with Gasteiger partial charge in [-0.05, 0) is 30.6 Å². The first kappa shape index (κ1) is 10.7. The first-order valence-electron chi connectivity index (χ1n) is 5.65. The van der Waals surface area contributed by atoms with Crippen LogP contribution >= 0.6 is 0 Å². The van der Waals surface area contributed by atoms with Crippen LogP contribution in [0, 0.1) is 17.8 Å². The minimum Gasteiger partial charge on any atom is -0.293 e. The van der Waals surface area contributed by atoms with Crippen molar-refractivity contribution in [2.45, 2.75) is 47.0 Å². The molecule has 2 atom stereocenters. The summed E-state index contributed by atoms with van der Waals surface area (Å²) in [6.07, 6.45) is 4.09. The quantitative estimate of drug-likeness (QED) is 0.618. The molecule has 1 aliphatic carbocycles. The van der Waals surface area contributed by atoms with Crippen LogP contribution in [0.5, 0.6) is 0 Å². The zero-order valence-electron chi connectivity index (χ0n) is 9.51. The minimum absolute atomic E-state index is 0.703. The fraction of sp³-hybridized carbons (Fsp3) is 0.917. The number of hydrogen-bond donors (Lipinski definition) is 0.